The van der Waals surface area contributed by atoms with Crippen molar-refractivity contribution in [2.24, 2.45) is 10.7 Å². The van der Waals surface area contributed by atoms with Crippen molar-refractivity contribution in [3.63, 3.8) is 0 Å². The second kappa shape index (κ2) is 4.58. The molecule has 4 heteroatoms. The quantitative estimate of drug-likeness (QED) is 0.871. The van der Waals surface area contributed by atoms with E-state index in [-0.39, 0.29) is 5.54 Å². The van der Waals surface area contributed by atoms with Gasteiger partial charge >= 0.3 is 0 Å². The van der Waals surface area contributed by atoms with Crippen molar-refractivity contribution >= 4 is 6.02 Å². The summed E-state index contributed by atoms with van der Waals surface area (Å²) < 4.78 is 5.39. The minimum absolute atomic E-state index is 0.148. The van der Waals surface area contributed by atoms with Gasteiger partial charge in [0.2, 0.25) is 0 Å². The van der Waals surface area contributed by atoms with Gasteiger partial charge in [-0.1, -0.05) is 24.3 Å². The molecule has 0 saturated carbocycles. The Morgan fingerprint density at radius 1 is 1.19 bits per heavy atom. The fourth-order valence-corrected chi connectivity index (χ4v) is 3.41. The van der Waals surface area contributed by atoms with E-state index in [1.54, 1.807) is 6.20 Å². The van der Waals surface area contributed by atoms with Crippen LogP contribution in [0.15, 0.2) is 47.7 Å². The molecule has 0 unspecified atom stereocenters. The highest BCUT2D eigenvalue weighted by molar-refractivity contribution is 5.74. The van der Waals surface area contributed by atoms with E-state index in [1.807, 2.05) is 12.3 Å². The number of ether oxygens (including phenoxy) is 1. The van der Waals surface area contributed by atoms with Crippen molar-refractivity contribution in [1.82, 2.24) is 4.98 Å². The Kier molecular flexibility index (Phi) is 2.70. The molecule has 0 radical (unpaired) electrons. The zero-order chi connectivity index (χ0) is 14.3. The third-order valence-corrected chi connectivity index (χ3v) is 4.44. The fraction of sp³-hybridized carbons (Fsp3) is 0.294. The first-order valence-electron chi connectivity index (χ1n) is 7.25. The Bertz CT molecular complexity index is 711. The molecule has 0 bridgehead atoms. The second-order valence-electron chi connectivity index (χ2n) is 5.82. The highest BCUT2D eigenvalue weighted by Crippen LogP contribution is 2.38. The standard InChI is InChI=1S/C17H17N3O/c18-16-20-17(11-21-16)7-6-15-12(9-17)3-1-5-14(15)13-4-2-8-19-10-13/h1-5,8,10H,6-7,9,11H2,(H2,18,20)/t17-/m0/s1. The van der Waals surface area contributed by atoms with Gasteiger partial charge in [0.15, 0.2) is 0 Å². The Labute approximate surface area is 123 Å². The molecule has 106 valence electrons. The predicted molar refractivity (Wildman–Crippen MR) is 82.0 cm³/mol. The third kappa shape index (κ3) is 2.07. The highest BCUT2D eigenvalue weighted by Gasteiger charge is 2.39. The number of nitrogens with zero attached hydrogens (tertiary/aromatic N) is 2. The van der Waals surface area contributed by atoms with Crippen molar-refractivity contribution in [3.05, 3.63) is 53.9 Å². The summed E-state index contributed by atoms with van der Waals surface area (Å²) in [7, 11) is 0. The number of pyridine rings is 1. The number of rotatable bonds is 1. The number of aromatic nitrogens is 1. The maximum absolute atomic E-state index is 5.70. The molecule has 1 aliphatic heterocycles. The van der Waals surface area contributed by atoms with Crippen LogP contribution in [0, 0.1) is 0 Å². The molecule has 4 rings (SSSR count). The maximum Gasteiger partial charge on any atom is 0.282 e. The van der Waals surface area contributed by atoms with Gasteiger partial charge in [-0.05, 0) is 35.6 Å². The Balaban J connectivity index is 1.75. The van der Waals surface area contributed by atoms with Gasteiger partial charge in [0.05, 0.1) is 0 Å². The zero-order valence-electron chi connectivity index (χ0n) is 11.7. The Hall–Kier alpha value is -2.36. The second-order valence-corrected chi connectivity index (χ2v) is 5.82. The van der Waals surface area contributed by atoms with E-state index < -0.39 is 0 Å². The van der Waals surface area contributed by atoms with Crippen LogP contribution in [0.2, 0.25) is 0 Å². The van der Waals surface area contributed by atoms with E-state index in [4.69, 9.17) is 10.5 Å². The number of amidine groups is 1. The minimum atomic E-state index is -0.148. The van der Waals surface area contributed by atoms with Crippen LogP contribution in [0.1, 0.15) is 17.5 Å². The van der Waals surface area contributed by atoms with Crippen LogP contribution in [-0.4, -0.2) is 23.2 Å². The van der Waals surface area contributed by atoms with Crippen LogP contribution in [0.25, 0.3) is 11.1 Å². The molecule has 4 nitrogen and oxygen atoms in total. The summed E-state index contributed by atoms with van der Waals surface area (Å²) in [6, 6.07) is 10.9. The molecule has 1 aromatic carbocycles. The molecule has 1 atom stereocenters. The average molecular weight is 279 g/mol. The smallest absolute Gasteiger partial charge is 0.282 e. The molecule has 2 aliphatic rings. The van der Waals surface area contributed by atoms with E-state index in [1.165, 1.54) is 22.3 Å². The molecule has 1 aromatic heterocycles. The largest absolute Gasteiger partial charge is 0.463 e. The third-order valence-electron chi connectivity index (χ3n) is 4.44. The SMILES string of the molecule is NC1=N[C@]2(CCc3c(cccc3-c3cccnc3)C2)CO1. The van der Waals surface area contributed by atoms with E-state index in [0.29, 0.717) is 12.6 Å². The average Bonchev–Trinajstić information content (AvgIpc) is 2.88. The number of hydrogen-bond acceptors (Lipinski definition) is 4. The van der Waals surface area contributed by atoms with Gasteiger partial charge in [-0.25, -0.2) is 4.99 Å². The lowest BCUT2D eigenvalue weighted by molar-refractivity contribution is 0.235. The number of nitrogens with two attached hydrogens (primary N) is 1. The summed E-state index contributed by atoms with van der Waals surface area (Å²) in [6.07, 6.45) is 6.62. The van der Waals surface area contributed by atoms with Crippen molar-refractivity contribution in [1.29, 1.82) is 0 Å². The van der Waals surface area contributed by atoms with Crippen molar-refractivity contribution < 1.29 is 4.74 Å². The highest BCUT2D eigenvalue weighted by atomic mass is 16.5. The molecule has 21 heavy (non-hydrogen) atoms. The van der Waals surface area contributed by atoms with Crippen LogP contribution in [0.3, 0.4) is 0 Å². The van der Waals surface area contributed by atoms with Crippen molar-refractivity contribution in [2.75, 3.05) is 6.61 Å². The lowest BCUT2D eigenvalue weighted by Gasteiger charge is -2.31. The first kappa shape index (κ1) is 12.4. The number of hydrogen-bond donors (Lipinski definition) is 1. The Morgan fingerprint density at radius 2 is 2.14 bits per heavy atom. The molecule has 1 aliphatic carbocycles. The number of aliphatic imine (C=N–C) groups is 1. The topological polar surface area (TPSA) is 60.5 Å². The van der Waals surface area contributed by atoms with E-state index in [0.717, 1.165) is 19.3 Å². The van der Waals surface area contributed by atoms with Crippen LogP contribution in [-0.2, 0) is 17.6 Å². The first-order valence-corrected chi connectivity index (χ1v) is 7.25. The molecule has 0 saturated heterocycles. The van der Waals surface area contributed by atoms with E-state index >= 15 is 0 Å². The van der Waals surface area contributed by atoms with Crippen LogP contribution < -0.4 is 5.73 Å². The van der Waals surface area contributed by atoms with Gasteiger partial charge in [-0.2, -0.15) is 0 Å². The molecule has 1 spiro atoms. The molecular weight excluding hydrogens is 262 g/mol. The molecule has 0 amide bonds. The number of benzene rings is 1. The van der Waals surface area contributed by atoms with Crippen molar-refractivity contribution in [2.45, 2.75) is 24.8 Å². The lowest BCUT2D eigenvalue weighted by atomic mass is 9.77. The van der Waals surface area contributed by atoms with Gasteiger partial charge in [-0.3, -0.25) is 4.98 Å². The van der Waals surface area contributed by atoms with Gasteiger partial charge < -0.3 is 10.5 Å². The summed E-state index contributed by atoms with van der Waals surface area (Å²) >= 11 is 0. The molecule has 2 N–H and O–H groups in total. The summed E-state index contributed by atoms with van der Waals surface area (Å²) in [5, 5.41) is 0. The predicted octanol–water partition coefficient (Wildman–Crippen LogP) is 2.32. The first-order chi connectivity index (χ1) is 10.3. The normalized spacial score (nSPS) is 23.5. The van der Waals surface area contributed by atoms with Gasteiger partial charge in [0.1, 0.15) is 12.1 Å². The van der Waals surface area contributed by atoms with Gasteiger partial charge in [0, 0.05) is 24.4 Å². The molecule has 2 heterocycles. The van der Waals surface area contributed by atoms with Crippen LogP contribution in [0.4, 0.5) is 0 Å². The summed E-state index contributed by atoms with van der Waals surface area (Å²) in [6.45, 7) is 0.607. The molecule has 0 fully saturated rings. The van der Waals surface area contributed by atoms with Crippen LogP contribution >= 0.6 is 0 Å². The van der Waals surface area contributed by atoms with E-state index in [2.05, 4.69) is 34.2 Å². The maximum atomic E-state index is 5.70. The van der Waals surface area contributed by atoms with E-state index in [9.17, 15) is 0 Å². The summed E-state index contributed by atoms with van der Waals surface area (Å²) in [4.78, 5) is 8.77. The van der Waals surface area contributed by atoms with Gasteiger partial charge in [-0.15, -0.1) is 0 Å². The molecule has 2 aromatic rings. The molecular formula is C17H17N3O. The fourth-order valence-electron chi connectivity index (χ4n) is 3.41. The Morgan fingerprint density at radius 3 is 2.90 bits per heavy atom. The monoisotopic (exact) mass is 279 g/mol. The number of fused-ring (bicyclic) bond motifs is 1. The van der Waals surface area contributed by atoms with Crippen molar-refractivity contribution in [3.8, 4) is 11.1 Å². The zero-order valence-corrected chi connectivity index (χ0v) is 11.7. The lowest BCUT2D eigenvalue weighted by Crippen LogP contribution is -2.35. The summed E-state index contributed by atoms with van der Waals surface area (Å²) in [5.41, 5.74) is 10.8. The minimum Gasteiger partial charge on any atom is -0.463 e. The summed E-state index contributed by atoms with van der Waals surface area (Å²) in [5.74, 6) is 0. The van der Waals surface area contributed by atoms with Crippen LogP contribution in [0.5, 0.6) is 0 Å². The van der Waals surface area contributed by atoms with Gasteiger partial charge in [0.25, 0.3) is 6.02 Å².